The van der Waals surface area contributed by atoms with E-state index in [0.717, 1.165) is 18.6 Å². The van der Waals surface area contributed by atoms with Crippen molar-refractivity contribution in [1.82, 2.24) is 15.1 Å². The maximum atomic E-state index is 12.3. The van der Waals surface area contributed by atoms with E-state index in [0.29, 0.717) is 37.8 Å². The molecule has 0 saturated heterocycles. The van der Waals surface area contributed by atoms with Crippen molar-refractivity contribution in [1.29, 1.82) is 0 Å². The Balaban J connectivity index is 0.00000512. The first kappa shape index (κ1) is 25.1. The monoisotopic (exact) mass is 431 g/mol. The summed E-state index contributed by atoms with van der Waals surface area (Å²) >= 11 is 0. The second-order valence-electron chi connectivity index (χ2n) is 8.25. The molecule has 0 bridgehead atoms. The molecule has 174 valence electrons. The van der Waals surface area contributed by atoms with Crippen molar-refractivity contribution in [2.24, 2.45) is 0 Å². The second kappa shape index (κ2) is 14.0. The molecule has 0 saturated carbocycles. The van der Waals surface area contributed by atoms with Gasteiger partial charge >= 0.3 is 0 Å². The minimum Gasteiger partial charge on any atom is -0.379 e. The Morgan fingerprint density at radius 2 is 1.71 bits per heavy atom. The van der Waals surface area contributed by atoms with Crippen molar-refractivity contribution in [3.05, 3.63) is 53.3 Å². The van der Waals surface area contributed by atoms with Gasteiger partial charge in [-0.1, -0.05) is 52.2 Å². The number of aromatic nitrogens is 2. The third-order valence-electron chi connectivity index (χ3n) is 5.39. The predicted octanol–water partition coefficient (Wildman–Crippen LogP) is 5.21. The van der Waals surface area contributed by atoms with E-state index in [4.69, 9.17) is 9.47 Å². The van der Waals surface area contributed by atoms with Gasteiger partial charge in [0.1, 0.15) is 0 Å². The maximum Gasteiger partial charge on any atom is 0.251 e. The lowest BCUT2D eigenvalue weighted by atomic mass is 10.1. The number of carbonyl (C=O) groups is 1. The van der Waals surface area contributed by atoms with Crippen LogP contribution in [-0.2, 0) is 9.47 Å². The summed E-state index contributed by atoms with van der Waals surface area (Å²) in [6.45, 7) is 11.6. The van der Waals surface area contributed by atoms with Crippen LogP contribution in [0.4, 0.5) is 0 Å². The Labute approximate surface area is 188 Å². The molecule has 1 amide bonds. The fraction of sp³-hybridized carbons (Fsp3) is 0.600. The first-order valence-electron chi connectivity index (χ1n) is 11.6. The summed E-state index contributed by atoms with van der Waals surface area (Å²) in [4.78, 5) is 12.3. The lowest BCUT2D eigenvalue weighted by Gasteiger charge is -2.13. The van der Waals surface area contributed by atoms with Gasteiger partial charge in [0, 0.05) is 26.3 Å². The smallest absolute Gasteiger partial charge is 0.251 e. The maximum absolute atomic E-state index is 12.3. The summed E-state index contributed by atoms with van der Waals surface area (Å²) in [5, 5.41) is 7.38. The molecule has 0 spiro atoms. The van der Waals surface area contributed by atoms with Crippen LogP contribution >= 0.6 is 0 Å². The quantitative estimate of drug-likeness (QED) is 0.393. The number of amides is 1. The SMILES string of the molecule is CCCCCCOCCOCCNC(=O)c1ccc(C(C)n2cc(C(C)C)cn2)cc1.[HH]. The minimum atomic E-state index is -0.0869. The van der Waals surface area contributed by atoms with Crippen LogP contribution in [0.15, 0.2) is 36.7 Å². The Bertz CT molecular complexity index is 762. The zero-order valence-corrected chi connectivity index (χ0v) is 19.6. The normalized spacial score (nSPS) is 12.3. The van der Waals surface area contributed by atoms with Crippen molar-refractivity contribution in [3.63, 3.8) is 0 Å². The van der Waals surface area contributed by atoms with E-state index in [1.165, 1.54) is 24.8 Å². The zero-order chi connectivity index (χ0) is 22.5. The molecule has 1 N–H and O–H groups in total. The van der Waals surface area contributed by atoms with Crippen molar-refractivity contribution >= 4 is 5.91 Å². The Kier molecular flexibility index (Phi) is 11.3. The third-order valence-corrected chi connectivity index (χ3v) is 5.39. The van der Waals surface area contributed by atoms with E-state index in [9.17, 15) is 4.79 Å². The van der Waals surface area contributed by atoms with Crippen LogP contribution in [0.5, 0.6) is 0 Å². The minimum absolute atomic E-state index is 0. The number of ether oxygens (including phenoxy) is 2. The molecule has 0 aliphatic rings. The molecule has 1 atom stereocenters. The topological polar surface area (TPSA) is 65.4 Å². The van der Waals surface area contributed by atoms with Crippen LogP contribution in [-0.4, -0.2) is 48.7 Å². The molecule has 0 aliphatic carbocycles. The number of hydrogen-bond donors (Lipinski definition) is 1. The van der Waals surface area contributed by atoms with Crippen LogP contribution in [0.1, 0.15) is 88.2 Å². The molecule has 6 heteroatoms. The highest BCUT2D eigenvalue weighted by molar-refractivity contribution is 5.94. The van der Waals surface area contributed by atoms with E-state index in [2.05, 4.69) is 44.3 Å². The largest absolute Gasteiger partial charge is 0.379 e. The number of nitrogens with one attached hydrogen (secondary N) is 1. The zero-order valence-electron chi connectivity index (χ0n) is 19.6. The van der Waals surface area contributed by atoms with Gasteiger partial charge in [0.05, 0.1) is 32.1 Å². The van der Waals surface area contributed by atoms with E-state index >= 15 is 0 Å². The number of carbonyl (C=O) groups excluding carboxylic acids is 1. The van der Waals surface area contributed by atoms with Crippen LogP contribution in [0.25, 0.3) is 0 Å². The molecule has 6 nitrogen and oxygen atoms in total. The molecule has 2 rings (SSSR count). The number of unbranched alkanes of at least 4 members (excludes halogenated alkanes) is 3. The standard InChI is InChI=1S/C25H39N3O3.H2/c1-5-6-7-8-14-30-16-17-31-15-13-26-25(29)23-11-9-22(10-12-23)21(4)28-19-24(18-27-28)20(2)3;/h9-12,18-21H,5-8,13-17H2,1-4H3,(H,26,29);1H. The molecule has 0 radical (unpaired) electrons. The molecular weight excluding hydrogens is 390 g/mol. The van der Waals surface area contributed by atoms with Gasteiger partial charge < -0.3 is 14.8 Å². The molecule has 31 heavy (non-hydrogen) atoms. The van der Waals surface area contributed by atoms with Crippen LogP contribution < -0.4 is 5.32 Å². The summed E-state index contributed by atoms with van der Waals surface area (Å²) in [6, 6.07) is 7.82. The van der Waals surface area contributed by atoms with Gasteiger partial charge in [-0.25, -0.2) is 0 Å². The Morgan fingerprint density at radius 1 is 1.00 bits per heavy atom. The summed E-state index contributed by atoms with van der Waals surface area (Å²) in [7, 11) is 0. The third kappa shape index (κ3) is 8.83. The Morgan fingerprint density at radius 3 is 2.35 bits per heavy atom. The van der Waals surface area contributed by atoms with E-state index in [1.54, 1.807) is 0 Å². The van der Waals surface area contributed by atoms with Crippen molar-refractivity contribution in [3.8, 4) is 0 Å². The van der Waals surface area contributed by atoms with E-state index in [-0.39, 0.29) is 13.4 Å². The molecule has 1 aromatic heterocycles. The van der Waals surface area contributed by atoms with Crippen molar-refractivity contribution in [2.75, 3.05) is 33.0 Å². The van der Waals surface area contributed by atoms with Crippen LogP contribution in [0, 0.1) is 0 Å². The first-order valence-corrected chi connectivity index (χ1v) is 11.6. The van der Waals surface area contributed by atoms with Gasteiger partial charge in [0.2, 0.25) is 0 Å². The highest BCUT2D eigenvalue weighted by Crippen LogP contribution is 2.20. The number of rotatable bonds is 15. The molecule has 1 heterocycles. The molecule has 0 aliphatic heterocycles. The van der Waals surface area contributed by atoms with Gasteiger partial charge in [0.25, 0.3) is 5.91 Å². The van der Waals surface area contributed by atoms with Gasteiger partial charge in [-0.3, -0.25) is 9.48 Å². The van der Waals surface area contributed by atoms with E-state index in [1.807, 2.05) is 35.1 Å². The van der Waals surface area contributed by atoms with Gasteiger partial charge in [0.15, 0.2) is 0 Å². The summed E-state index contributed by atoms with van der Waals surface area (Å²) in [6.07, 6.45) is 8.86. The highest BCUT2D eigenvalue weighted by Gasteiger charge is 2.12. The Hall–Kier alpha value is -2.18. The summed E-state index contributed by atoms with van der Waals surface area (Å²) in [5.41, 5.74) is 2.99. The second-order valence-corrected chi connectivity index (χ2v) is 8.25. The van der Waals surface area contributed by atoms with Gasteiger partial charge in [-0.2, -0.15) is 5.10 Å². The molecule has 2 aromatic rings. The van der Waals surface area contributed by atoms with Crippen molar-refractivity contribution < 1.29 is 15.7 Å². The fourth-order valence-electron chi connectivity index (χ4n) is 3.22. The molecule has 0 fully saturated rings. The first-order chi connectivity index (χ1) is 15.0. The van der Waals surface area contributed by atoms with Gasteiger partial charge in [-0.15, -0.1) is 0 Å². The molecule has 1 unspecified atom stereocenters. The highest BCUT2D eigenvalue weighted by atomic mass is 16.5. The predicted molar refractivity (Wildman–Crippen MR) is 127 cm³/mol. The lowest BCUT2D eigenvalue weighted by Crippen LogP contribution is -2.27. The number of benzene rings is 1. The average Bonchev–Trinajstić information content (AvgIpc) is 3.27. The van der Waals surface area contributed by atoms with Gasteiger partial charge in [-0.05, 0) is 42.5 Å². The molecule has 1 aromatic carbocycles. The number of hydrogen-bond acceptors (Lipinski definition) is 4. The van der Waals surface area contributed by atoms with E-state index < -0.39 is 0 Å². The summed E-state index contributed by atoms with van der Waals surface area (Å²) < 4.78 is 13.0. The van der Waals surface area contributed by atoms with Crippen LogP contribution in [0.3, 0.4) is 0 Å². The van der Waals surface area contributed by atoms with Crippen molar-refractivity contribution in [2.45, 2.75) is 65.3 Å². The average molecular weight is 432 g/mol. The molecular formula is C25H41N3O3. The van der Waals surface area contributed by atoms with Crippen LogP contribution in [0.2, 0.25) is 0 Å². The summed E-state index contributed by atoms with van der Waals surface area (Å²) in [5.74, 6) is 0.371. The number of nitrogens with zero attached hydrogens (tertiary/aromatic N) is 2. The lowest BCUT2D eigenvalue weighted by molar-refractivity contribution is 0.0468. The fourth-order valence-corrected chi connectivity index (χ4v) is 3.22.